The second kappa shape index (κ2) is 5.91. The van der Waals surface area contributed by atoms with Crippen LogP contribution >= 0.6 is 0 Å². The first kappa shape index (κ1) is 14.8. The third-order valence-electron chi connectivity index (χ3n) is 3.15. The van der Waals surface area contributed by atoms with Crippen LogP contribution in [0.15, 0.2) is 35.0 Å². The van der Waals surface area contributed by atoms with E-state index in [1.165, 1.54) is 31.2 Å². The van der Waals surface area contributed by atoms with Crippen molar-refractivity contribution in [3.63, 3.8) is 0 Å². The van der Waals surface area contributed by atoms with Crippen molar-refractivity contribution in [2.45, 2.75) is 6.92 Å². The van der Waals surface area contributed by atoms with Gasteiger partial charge in [-0.25, -0.2) is 14.5 Å². The zero-order valence-corrected chi connectivity index (χ0v) is 12.8. The zero-order valence-electron chi connectivity index (χ0n) is 12.8. The summed E-state index contributed by atoms with van der Waals surface area (Å²) in [6, 6.07) is 5.21. The first-order chi connectivity index (χ1) is 11.1. The predicted molar refractivity (Wildman–Crippen MR) is 79.5 cm³/mol. The molecule has 3 heterocycles. The second-order valence-electron chi connectivity index (χ2n) is 4.66. The number of nitrogens with zero attached hydrogens (tertiary/aromatic N) is 4. The number of rotatable bonds is 4. The largest absolute Gasteiger partial charge is 0.467 e. The predicted octanol–water partition coefficient (Wildman–Crippen LogP) is 2.03. The van der Waals surface area contributed by atoms with Gasteiger partial charge < -0.3 is 13.9 Å². The molecule has 0 atom stereocenters. The summed E-state index contributed by atoms with van der Waals surface area (Å²) in [4.78, 5) is 20.1. The molecule has 0 aromatic carbocycles. The van der Waals surface area contributed by atoms with Crippen molar-refractivity contribution >= 4 is 5.97 Å². The third-order valence-corrected chi connectivity index (χ3v) is 3.15. The Morgan fingerprint density at radius 1 is 1.22 bits per heavy atom. The molecule has 0 amide bonds. The number of oxazole rings is 1. The average molecular weight is 314 g/mol. The summed E-state index contributed by atoms with van der Waals surface area (Å²) < 4.78 is 16.7. The maximum absolute atomic E-state index is 11.8. The normalized spacial score (nSPS) is 10.6. The third kappa shape index (κ3) is 2.78. The Labute approximate surface area is 131 Å². The van der Waals surface area contributed by atoms with Crippen LogP contribution in [0.3, 0.4) is 0 Å². The van der Waals surface area contributed by atoms with E-state index in [2.05, 4.69) is 15.1 Å². The van der Waals surface area contributed by atoms with E-state index >= 15 is 0 Å². The van der Waals surface area contributed by atoms with Gasteiger partial charge in [0.15, 0.2) is 5.69 Å². The zero-order chi connectivity index (χ0) is 16.4. The molecule has 3 aromatic heterocycles. The Morgan fingerprint density at radius 3 is 2.65 bits per heavy atom. The van der Waals surface area contributed by atoms with Crippen molar-refractivity contribution in [1.29, 1.82) is 0 Å². The van der Waals surface area contributed by atoms with Gasteiger partial charge in [-0.05, 0) is 19.1 Å². The molecule has 3 rings (SSSR count). The fraction of sp³-hybridized carbons (Fsp3) is 0.200. The lowest BCUT2D eigenvalue weighted by molar-refractivity contribution is 0.0593. The summed E-state index contributed by atoms with van der Waals surface area (Å²) in [6.07, 6.45) is 3.09. The van der Waals surface area contributed by atoms with Gasteiger partial charge in [-0.2, -0.15) is 5.10 Å². The number of hydrogen-bond donors (Lipinski definition) is 0. The monoisotopic (exact) mass is 314 g/mol. The second-order valence-corrected chi connectivity index (χ2v) is 4.66. The van der Waals surface area contributed by atoms with Crippen molar-refractivity contribution < 1.29 is 18.7 Å². The number of ether oxygens (including phenoxy) is 2. The number of hydrogen-bond acceptors (Lipinski definition) is 7. The van der Waals surface area contributed by atoms with E-state index in [4.69, 9.17) is 13.9 Å². The van der Waals surface area contributed by atoms with Gasteiger partial charge in [0.05, 0.1) is 26.1 Å². The van der Waals surface area contributed by atoms with Gasteiger partial charge in [-0.1, -0.05) is 0 Å². The molecule has 0 saturated carbocycles. The molecule has 23 heavy (non-hydrogen) atoms. The molecule has 118 valence electrons. The SMILES string of the molecule is COC(=O)c1cc(-c2ncc(OC)o2)n(-c2ccc(C)nc2)n1. The molecule has 0 aliphatic heterocycles. The fourth-order valence-electron chi connectivity index (χ4n) is 1.99. The molecule has 0 aliphatic carbocycles. The smallest absolute Gasteiger partial charge is 0.358 e. The van der Waals surface area contributed by atoms with Crippen LogP contribution in [0.2, 0.25) is 0 Å². The van der Waals surface area contributed by atoms with Crippen LogP contribution in [0.1, 0.15) is 16.2 Å². The lowest BCUT2D eigenvalue weighted by Crippen LogP contribution is -2.05. The highest BCUT2D eigenvalue weighted by atomic mass is 16.6. The molecule has 0 bridgehead atoms. The first-order valence-electron chi connectivity index (χ1n) is 6.74. The van der Waals surface area contributed by atoms with E-state index in [1.807, 2.05) is 19.1 Å². The molecular weight excluding hydrogens is 300 g/mol. The number of carbonyl (C=O) groups excluding carboxylic acids is 1. The Bertz CT molecular complexity index is 836. The van der Waals surface area contributed by atoms with Crippen molar-refractivity contribution in [2.24, 2.45) is 0 Å². The van der Waals surface area contributed by atoms with Crippen LogP contribution in [-0.2, 0) is 4.74 Å². The first-order valence-corrected chi connectivity index (χ1v) is 6.74. The Hall–Kier alpha value is -3.16. The van der Waals surface area contributed by atoms with Crippen molar-refractivity contribution in [1.82, 2.24) is 19.7 Å². The van der Waals surface area contributed by atoms with Crippen LogP contribution in [0.25, 0.3) is 17.3 Å². The molecule has 0 aliphatic rings. The topological polar surface area (TPSA) is 92.3 Å². The maximum Gasteiger partial charge on any atom is 0.358 e. The molecule has 0 unspecified atom stereocenters. The number of aromatic nitrogens is 4. The number of aryl methyl sites for hydroxylation is 1. The molecule has 0 radical (unpaired) electrons. The summed E-state index contributed by atoms with van der Waals surface area (Å²) in [7, 11) is 2.77. The minimum atomic E-state index is -0.552. The lowest BCUT2D eigenvalue weighted by atomic mass is 10.3. The molecule has 0 fully saturated rings. The summed E-state index contributed by atoms with van der Waals surface area (Å²) in [5.41, 5.74) is 2.16. The molecule has 0 N–H and O–H groups in total. The molecule has 0 spiro atoms. The lowest BCUT2D eigenvalue weighted by Gasteiger charge is -2.04. The van der Waals surface area contributed by atoms with E-state index in [9.17, 15) is 4.79 Å². The average Bonchev–Trinajstić information content (AvgIpc) is 3.21. The van der Waals surface area contributed by atoms with Crippen molar-refractivity contribution in [2.75, 3.05) is 14.2 Å². The number of esters is 1. The van der Waals surface area contributed by atoms with Gasteiger partial charge in [-0.15, -0.1) is 0 Å². The van der Waals surface area contributed by atoms with E-state index in [0.717, 1.165) is 5.69 Å². The molecule has 3 aromatic rings. The summed E-state index contributed by atoms with van der Waals surface area (Å²) >= 11 is 0. The quantitative estimate of drug-likeness (QED) is 0.680. The van der Waals surface area contributed by atoms with E-state index in [-0.39, 0.29) is 17.5 Å². The van der Waals surface area contributed by atoms with Gasteiger partial charge in [-0.3, -0.25) is 4.98 Å². The van der Waals surface area contributed by atoms with Gasteiger partial charge in [0.1, 0.15) is 11.9 Å². The van der Waals surface area contributed by atoms with Crippen molar-refractivity contribution in [3.8, 4) is 23.2 Å². The molecular formula is C15H14N4O4. The highest BCUT2D eigenvalue weighted by Crippen LogP contribution is 2.26. The number of pyridine rings is 1. The number of carbonyl (C=O) groups is 1. The van der Waals surface area contributed by atoms with Gasteiger partial charge in [0.2, 0.25) is 5.89 Å². The number of methoxy groups -OCH3 is 2. The van der Waals surface area contributed by atoms with Crippen LogP contribution in [0, 0.1) is 6.92 Å². The van der Waals surface area contributed by atoms with Gasteiger partial charge in [0, 0.05) is 11.8 Å². The Morgan fingerprint density at radius 2 is 2.04 bits per heavy atom. The summed E-state index contributed by atoms with van der Waals surface area (Å²) in [5, 5.41) is 4.25. The van der Waals surface area contributed by atoms with E-state index < -0.39 is 5.97 Å². The molecule has 0 saturated heterocycles. The fourth-order valence-corrected chi connectivity index (χ4v) is 1.99. The van der Waals surface area contributed by atoms with Crippen molar-refractivity contribution in [3.05, 3.63) is 42.0 Å². The van der Waals surface area contributed by atoms with Gasteiger partial charge >= 0.3 is 11.9 Å². The minimum absolute atomic E-state index is 0.139. The van der Waals surface area contributed by atoms with E-state index in [1.54, 1.807) is 6.20 Å². The Kier molecular flexibility index (Phi) is 3.80. The molecule has 8 nitrogen and oxygen atoms in total. The standard InChI is InChI=1S/C15H14N4O4/c1-9-4-5-10(7-16-9)19-12(6-11(18-19)15(20)22-3)14-17-8-13(21-2)23-14/h4-8H,1-3H3. The van der Waals surface area contributed by atoms with E-state index in [0.29, 0.717) is 11.4 Å². The van der Waals surface area contributed by atoms with Crippen LogP contribution in [0.4, 0.5) is 0 Å². The van der Waals surface area contributed by atoms with Crippen LogP contribution < -0.4 is 4.74 Å². The maximum atomic E-state index is 11.8. The van der Waals surface area contributed by atoms with Crippen LogP contribution in [-0.4, -0.2) is 39.9 Å². The minimum Gasteiger partial charge on any atom is -0.467 e. The molecule has 8 heteroatoms. The van der Waals surface area contributed by atoms with Gasteiger partial charge in [0.25, 0.3) is 0 Å². The highest BCUT2D eigenvalue weighted by molar-refractivity contribution is 5.88. The Balaban J connectivity index is 2.14. The van der Waals surface area contributed by atoms with Crippen LogP contribution in [0.5, 0.6) is 5.95 Å². The summed E-state index contributed by atoms with van der Waals surface area (Å²) in [5.74, 6) is -0.0249. The highest BCUT2D eigenvalue weighted by Gasteiger charge is 2.20. The summed E-state index contributed by atoms with van der Waals surface area (Å²) in [6.45, 7) is 1.88.